The fourth-order valence-corrected chi connectivity index (χ4v) is 1.55. The fraction of sp³-hybridized carbons (Fsp3) is 1.00. The minimum atomic E-state index is 0.693. The maximum Gasteiger partial charge on any atom is 0.0700 e. The zero-order valence-corrected chi connectivity index (χ0v) is 9.42. The monoisotopic (exact) mass is 201 g/mol. The number of methoxy groups -OCH3 is 1. The lowest BCUT2D eigenvalue weighted by molar-refractivity contribution is 0.0717. The molecule has 3 nitrogen and oxygen atoms in total. The zero-order chi connectivity index (χ0) is 10.2. The standard InChI is InChI=1S/C11H23NO2/c1-10(11-3-4-11)9-12-5-6-14-8-7-13-2/h10-12H,3-9H2,1-2H3. The van der Waals surface area contributed by atoms with Crippen LogP contribution < -0.4 is 5.32 Å². The minimum absolute atomic E-state index is 0.693. The first kappa shape index (κ1) is 12.0. The Hall–Kier alpha value is -0.120. The Morgan fingerprint density at radius 3 is 2.71 bits per heavy atom. The van der Waals surface area contributed by atoms with Crippen LogP contribution in [0.4, 0.5) is 0 Å². The van der Waals surface area contributed by atoms with Crippen LogP contribution in [-0.4, -0.2) is 40.0 Å². The summed E-state index contributed by atoms with van der Waals surface area (Å²) in [5, 5.41) is 3.42. The van der Waals surface area contributed by atoms with E-state index in [1.165, 1.54) is 12.8 Å². The van der Waals surface area contributed by atoms with Crippen LogP contribution in [0.25, 0.3) is 0 Å². The fourth-order valence-electron chi connectivity index (χ4n) is 1.55. The van der Waals surface area contributed by atoms with Gasteiger partial charge in [0.1, 0.15) is 0 Å². The summed E-state index contributed by atoms with van der Waals surface area (Å²) in [5.74, 6) is 1.84. The molecular formula is C11H23NO2. The van der Waals surface area contributed by atoms with E-state index in [9.17, 15) is 0 Å². The largest absolute Gasteiger partial charge is 0.382 e. The van der Waals surface area contributed by atoms with Gasteiger partial charge in [-0.25, -0.2) is 0 Å². The Morgan fingerprint density at radius 2 is 2.07 bits per heavy atom. The number of nitrogens with one attached hydrogen (secondary N) is 1. The van der Waals surface area contributed by atoms with Gasteiger partial charge in [-0.2, -0.15) is 0 Å². The van der Waals surface area contributed by atoms with Crippen LogP contribution in [0.1, 0.15) is 19.8 Å². The molecule has 1 unspecified atom stereocenters. The Bertz CT molecular complexity index is 137. The van der Waals surface area contributed by atoms with Gasteiger partial charge < -0.3 is 14.8 Å². The molecule has 0 aliphatic heterocycles. The second-order valence-electron chi connectivity index (χ2n) is 4.12. The van der Waals surface area contributed by atoms with E-state index >= 15 is 0 Å². The number of hydrogen-bond donors (Lipinski definition) is 1. The molecule has 0 radical (unpaired) electrons. The van der Waals surface area contributed by atoms with Gasteiger partial charge in [-0.05, 0) is 31.2 Å². The molecule has 14 heavy (non-hydrogen) atoms. The van der Waals surface area contributed by atoms with Crippen molar-refractivity contribution in [1.29, 1.82) is 0 Å². The summed E-state index contributed by atoms with van der Waals surface area (Å²) >= 11 is 0. The van der Waals surface area contributed by atoms with Crippen LogP contribution in [0.5, 0.6) is 0 Å². The van der Waals surface area contributed by atoms with Crippen molar-refractivity contribution in [2.24, 2.45) is 11.8 Å². The summed E-state index contributed by atoms with van der Waals surface area (Å²) in [6.07, 6.45) is 2.88. The Morgan fingerprint density at radius 1 is 1.29 bits per heavy atom. The maximum absolute atomic E-state index is 5.34. The third-order valence-electron chi connectivity index (χ3n) is 2.75. The molecule has 1 atom stereocenters. The summed E-state index contributed by atoms with van der Waals surface area (Å²) in [4.78, 5) is 0. The molecule has 0 amide bonds. The summed E-state index contributed by atoms with van der Waals surface area (Å²) < 4.78 is 10.2. The summed E-state index contributed by atoms with van der Waals surface area (Å²) in [6, 6.07) is 0. The molecule has 0 heterocycles. The van der Waals surface area contributed by atoms with Crippen molar-refractivity contribution >= 4 is 0 Å². The normalized spacial score (nSPS) is 18.4. The Balaban J connectivity index is 1.75. The molecule has 1 N–H and O–H groups in total. The topological polar surface area (TPSA) is 30.5 Å². The first-order chi connectivity index (χ1) is 6.84. The van der Waals surface area contributed by atoms with Crippen molar-refractivity contribution < 1.29 is 9.47 Å². The van der Waals surface area contributed by atoms with E-state index < -0.39 is 0 Å². The smallest absolute Gasteiger partial charge is 0.0700 e. The molecule has 1 aliphatic rings. The van der Waals surface area contributed by atoms with E-state index in [0.717, 1.165) is 31.5 Å². The molecule has 84 valence electrons. The Kier molecular flexibility index (Phi) is 6.15. The minimum Gasteiger partial charge on any atom is -0.382 e. The molecule has 1 aliphatic carbocycles. The van der Waals surface area contributed by atoms with E-state index in [4.69, 9.17) is 9.47 Å². The quantitative estimate of drug-likeness (QED) is 0.570. The van der Waals surface area contributed by atoms with Crippen LogP contribution in [0.15, 0.2) is 0 Å². The van der Waals surface area contributed by atoms with Gasteiger partial charge in [0.2, 0.25) is 0 Å². The molecule has 1 rings (SSSR count). The van der Waals surface area contributed by atoms with Crippen LogP contribution in [0, 0.1) is 11.8 Å². The van der Waals surface area contributed by atoms with Crippen molar-refractivity contribution in [3.05, 3.63) is 0 Å². The van der Waals surface area contributed by atoms with E-state index in [-0.39, 0.29) is 0 Å². The highest BCUT2D eigenvalue weighted by molar-refractivity contribution is 4.79. The van der Waals surface area contributed by atoms with E-state index in [2.05, 4.69) is 12.2 Å². The molecule has 0 spiro atoms. The third kappa shape index (κ3) is 5.58. The highest BCUT2D eigenvalue weighted by atomic mass is 16.5. The van der Waals surface area contributed by atoms with Crippen LogP contribution in [0.3, 0.4) is 0 Å². The average molecular weight is 201 g/mol. The lowest BCUT2D eigenvalue weighted by Crippen LogP contribution is -2.26. The van der Waals surface area contributed by atoms with E-state index in [1.807, 2.05) is 0 Å². The lowest BCUT2D eigenvalue weighted by atomic mass is 10.1. The van der Waals surface area contributed by atoms with Crippen molar-refractivity contribution in [3.63, 3.8) is 0 Å². The van der Waals surface area contributed by atoms with Gasteiger partial charge in [-0.1, -0.05) is 6.92 Å². The third-order valence-corrected chi connectivity index (χ3v) is 2.75. The van der Waals surface area contributed by atoms with Crippen molar-refractivity contribution in [2.75, 3.05) is 40.0 Å². The van der Waals surface area contributed by atoms with Gasteiger partial charge >= 0.3 is 0 Å². The predicted molar refractivity (Wildman–Crippen MR) is 57.5 cm³/mol. The summed E-state index contributed by atoms with van der Waals surface area (Å²) in [5.41, 5.74) is 0. The highest BCUT2D eigenvalue weighted by Crippen LogP contribution is 2.35. The highest BCUT2D eigenvalue weighted by Gasteiger charge is 2.27. The van der Waals surface area contributed by atoms with Crippen LogP contribution in [-0.2, 0) is 9.47 Å². The molecule has 0 aromatic carbocycles. The number of ether oxygens (including phenoxy) is 2. The van der Waals surface area contributed by atoms with Crippen molar-refractivity contribution in [2.45, 2.75) is 19.8 Å². The molecule has 0 bridgehead atoms. The predicted octanol–water partition coefficient (Wildman–Crippen LogP) is 1.29. The van der Waals surface area contributed by atoms with E-state index in [1.54, 1.807) is 7.11 Å². The lowest BCUT2D eigenvalue weighted by Gasteiger charge is -2.11. The zero-order valence-electron chi connectivity index (χ0n) is 9.42. The Labute approximate surface area is 87.2 Å². The van der Waals surface area contributed by atoms with Crippen LogP contribution >= 0.6 is 0 Å². The average Bonchev–Trinajstić information content (AvgIpc) is 2.99. The second kappa shape index (κ2) is 7.21. The molecule has 0 aromatic rings. The molecule has 3 heteroatoms. The maximum atomic E-state index is 5.34. The summed E-state index contributed by atoms with van der Waals surface area (Å²) in [7, 11) is 1.69. The molecule has 1 saturated carbocycles. The summed E-state index contributed by atoms with van der Waals surface area (Å²) in [6.45, 7) is 6.62. The SMILES string of the molecule is COCCOCCNCC(C)C1CC1. The van der Waals surface area contributed by atoms with E-state index in [0.29, 0.717) is 13.2 Å². The van der Waals surface area contributed by atoms with Gasteiger partial charge in [-0.3, -0.25) is 0 Å². The van der Waals surface area contributed by atoms with Gasteiger partial charge in [0.15, 0.2) is 0 Å². The molecule has 1 fully saturated rings. The van der Waals surface area contributed by atoms with Gasteiger partial charge in [0, 0.05) is 13.7 Å². The second-order valence-corrected chi connectivity index (χ2v) is 4.12. The van der Waals surface area contributed by atoms with Crippen molar-refractivity contribution in [1.82, 2.24) is 5.32 Å². The van der Waals surface area contributed by atoms with Gasteiger partial charge in [-0.15, -0.1) is 0 Å². The first-order valence-electron chi connectivity index (χ1n) is 5.62. The number of hydrogen-bond acceptors (Lipinski definition) is 3. The molecule has 0 saturated heterocycles. The van der Waals surface area contributed by atoms with Gasteiger partial charge in [0.05, 0.1) is 19.8 Å². The first-order valence-corrected chi connectivity index (χ1v) is 5.62. The van der Waals surface area contributed by atoms with Crippen LogP contribution in [0.2, 0.25) is 0 Å². The van der Waals surface area contributed by atoms with Crippen molar-refractivity contribution in [3.8, 4) is 0 Å². The molecular weight excluding hydrogens is 178 g/mol. The van der Waals surface area contributed by atoms with Gasteiger partial charge in [0.25, 0.3) is 0 Å². The molecule has 0 aromatic heterocycles. The number of rotatable bonds is 9.